The van der Waals surface area contributed by atoms with E-state index in [2.05, 4.69) is 5.32 Å². The van der Waals surface area contributed by atoms with Crippen molar-refractivity contribution in [3.8, 4) is 5.75 Å². The van der Waals surface area contributed by atoms with Crippen molar-refractivity contribution >= 4 is 28.9 Å². The molecule has 0 fully saturated rings. The average molecular weight is 278 g/mol. The molecule has 0 aliphatic heterocycles. The second-order valence-corrected chi connectivity index (χ2v) is 4.36. The van der Waals surface area contributed by atoms with Crippen LogP contribution >= 0.6 is 23.2 Å². The van der Waals surface area contributed by atoms with Gasteiger partial charge in [-0.2, -0.15) is 0 Å². The van der Waals surface area contributed by atoms with Crippen molar-refractivity contribution in [2.24, 2.45) is 0 Å². The van der Waals surface area contributed by atoms with Crippen LogP contribution in [0.4, 0.5) is 10.1 Å². The van der Waals surface area contributed by atoms with E-state index in [1.807, 2.05) is 6.92 Å². The minimum absolute atomic E-state index is 0.132. The van der Waals surface area contributed by atoms with E-state index in [-0.39, 0.29) is 16.9 Å². The standard InChI is InChI=1S/C12H14Cl2FNO/c1-3-8-6-9(17-5-4-11(13)14)7-10(15)12(8)16-2/h4,6-7,16H,3,5H2,1-2H3. The van der Waals surface area contributed by atoms with Crippen molar-refractivity contribution in [2.75, 3.05) is 19.0 Å². The molecule has 0 saturated carbocycles. The lowest BCUT2D eigenvalue weighted by Gasteiger charge is -2.11. The molecule has 0 unspecified atom stereocenters. The van der Waals surface area contributed by atoms with Gasteiger partial charge >= 0.3 is 0 Å². The molecule has 1 rings (SSSR count). The van der Waals surface area contributed by atoms with E-state index in [0.717, 1.165) is 12.0 Å². The Morgan fingerprint density at radius 3 is 2.71 bits per heavy atom. The zero-order valence-electron chi connectivity index (χ0n) is 9.69. The van der Waals surface area contributed by atoms with Gasteiger partial charge in [-0.3, -0.25) is 0 Å². The average Bonchev–Trinajstić information content (AvgIpc) is 2.27. The Bertz CT molecular complexity index is 417. The second kappa shape index (κ2) is 6.72. The van der Waals surface area contributed by atoms with Crippen LogP contribution in [0.3, 0.4) is 0 Å². The number of ether oxygens (including phenoxy) is 1. The summed E-state index contributed by atoms with van der Waals surface area (Å²) in [7, 11) is 1.69. The fourth-order valence-electron chi connectivity index (χ4n) is 1.48. The van der Waals surface area contributed by atoms with Gasteiger partial charge in [0.2, 0.25) is 0 Å². The molecule has 0 spiro atoms. The van der Waals surface area contributed by atoms with Crippen LogP contribution in [0.5, 0.6) is 5.75 Å². The number of rotatable bonds is 5. The van der Waals surface area contributed by atoms with Crippen molar-refractivity contribution < 1.29 is 9.13 Å². The maximum Gasteiger partial charge on any atom is 0.150 e. The summed E-state index contributed by atoms with van der Waals surface area (Å²) < 4.78 is 19.1. The number of hydrogen-bond donors (Lipinski definition) is 1. The summed E-state index contributed by atoms with van der Waals surface area (Å²) >= 11 is 10.9. The molecule has 5 heteroatoms. The molecule has 0 aliphatic rings. The maximum atomic E-state index is 13.7. The Kier molecular flexibility index (Phi) is 5.59. The van der Waals surface area contributed by atoms with Crippen LogP contribution in [-0.4, -0.2) is 13.7 Å². The van der Waals surface area contributed by atoms with Crippen molar-refractivity contribution in [3.05, 3.63) is 34.1 Å². The molecule has 0 amide bonds. The lowest BCUT2D eigenvalue weighted by molar-refractivity contribution is 0.360. The fourth-order valence-corrected chi connectivity index (χ4v) is 1.61. The van der Waals surface area contributed by atoms with E-state index in [9.17, 15) is 4.39 Å². The molecule has 0 radical (unpaired) electrons. The molecule has 0 heterocycles. The maximum absolute atomic E-state index is 13.7. The third-order valence-electron chi connectivity index (χ3n) is 2.26. The molecule has 94 valence electrons. The first kappa shape index (κ1) is 14.1. The molecule has 0 bridgehead atoms. The van der Waals surface area contributed by atoms with Crippen LogP contribution in [0, 0.1) is 5.82 Å². The molecule has 0 saturated heterocycles. The predicted octanol–water partition coefficient (Wildman–Crippen LogP) is 4.13. The third-order valence-corrected chi connectivity index (χ3v) is 2.57. The Morgan fingerprint density at radius 2 is 2.18 bits per heavy atom. The first-order valence-corrected chi connectivity index (χ1v) is 5.98. The zero-order chi connectivity index (χ0) is 12.8. The molecule has 0 atom stereocenters. The SMILES string of the molecule is CCc1cc(OCC=C(Cl)Cl)cc(F)c1NC. The topological polar surface area (TPSA) is 21.3 Å². The highest BCUT2D eigenvalue weighted by Crippen LogP contribution is 2.26. The highest BCUT2D eigenvalue weighted by molar-refractivity contribution is 6.55. The monoisotopic (exact) mass is 277 g/mol. The van der Waals surface area contributed by atoms with Crippen molar-refractivity contribution in [1.29, 1.82) is 0 Å². The molecule has 0 aliphatic carbocycles. The Labute approximate surface area is 110 Å². The Hall–Kier alpha value is -0.930. The van der Waals surface area contributed by atoms with Gasteiger partial charge < -0.3 is 10.1 Å². The number of nitrogens with one attached hydrogen (secondary N) is 1. The van der Waals surface area contributed by atoms with Gasteiger partial charge in [0.05, 0.1) is 5.69 Å². The first-order valence-electron chi connectivity index (χ1n) is 5.22. The van der Waals surface area contributed by atoms with Crippen molar-refractivity contribution in [2.45, 2.75) is 13.3 Å². The van der Waals surface area contributed by atoms with E-state index >= 15 is 0 Å². The molecule has 1 N–H and O–H groups in total. The first-order chi connectivity index (χ1) is 8.08. The summed E-state index contributed by atoms with van der Waals surface area (Å²) in [4.78, 5) is 0. The highest BCUT2D eigenvalue weighted by atomic mass is 35.5. The minimum Gasteiger partial charge on any atom is -0.489 e. The van der Waals surface area contributed by atoms with Crippen LogP contribution in [-0.2, 0) is 6.42 Å². The highest BCUT2D eigenvalue weighted by Gasteiger charge is 2.08. The molecule has 1 aromatic rings. The second-order valence-electron chi connectivity index (χ2n) is 3.35. The van der Waals surface area contributed by atoms with Gasteiger partial charge in [-0.05, 0) is 24.1 Å². The summed E-state index contributed by atoms with van der Waals surface area (Å²) in [6.45, 7) is 2.17. The number of anilines is 1. The van der Waals surface area contributed by atoms with E-state index in [0.29, 0.717) is 11.4 Å². The fraction of sp³-hybridized carbons (Fsp3) is 0.333. The van der Waals surface area contributed by atoms with Crippen LogP contribution in [0.15, 0.2) is 22.7 Å². The lowest BCUT2D eigenvalue weighted by Crippen LogP contribution is -2.01. The van der Waals surface area contributed by atoms with Gasteiger partial charge in [0.25, 0.3) is 0 Å². The lowest BCUT2D eigenvalue weighted by atomic mass is 10.1. The van der Waals surface area contributed by atoms with Gasteiger partial charge in [0, 0.05) is 13.1 Å². The molecule has 2 nitrogen and oxygen atoms in total. The predicted molar refractivity (Wildman–Crippen MR) is 70.6 cm³/mol. The quantitative estimate of drug-likeness (QED) is 0.874. The number of benzene rings is 1. The number of halogens is 3. The number of aryl methyl sites for hydroxylation is 1. The van der Waals surface area contributed by atoms with Crippen LogP contribution in [0.2, 0.25) is 0 Å². The Balaban J connectivity index is 2.88. The van der Waals surface area contributed by atoms with E-state index in [4.69, 9.17) is 27.9 Å². The summed E-state index contributed by atoms with van der Waals surface area (Å²) in [6.07, 6.45) is 2.22. The van der Waals surface area contributed by atoms with E-state index in [1.54, 1.807) is 13.1 Å². The Morgan fingerprint density at radius 1 is 1.47 bits per heavy atom. The van der Waals surface area contributed by atoms with Crippen LogP contribution in [0.1, 0.15) is 12.5 Å². The van der Waals surface area contributed by atoms with Gasteiger partial charge in [0.1, 0.15) is 22.7 Å². The largest absolute Gasteiger partial charge is 0.489 e. The van der Waals surface area contributed by atoms with E-state index < -0.39 is 0 Å². The summed E-state index contributed by atoms with van der Waals surface area (Å²) in [5.41, 5.74) is 1.37. The van der Waals surface area contributed by atoms with Crippen LogP contribution in [0.25, 0.3) is 0 Å². The van der Waals surface area contributed by atoms with Gasteiger partial charge in [-0.25, -0.2) is 4.39 Å². The molecule has 17 heavy (non-hydrogen) atoms. The van der Waals surface area contributed by atoms with Gasteiger partial charge in [-0.1, -0.05) is 30.1 Å². The van der Waals surface area contributed by atoms with Gasteiger partial charge in [-0.15, -0.1) is 0 Å². The number of hydrogen-bond acceptors (Lipinski definition) is 2. The minimum atomic E-state index is -0.331. The smallest absolute Gasteiger partial charge is 0.150 e. The summed E-state index contributed by atoms with van der Waals surface area (Å²) in [6, 6.07) is 3.13. The zero-order valence-corrected chi connectivity index (χ0v) is 11.2. The molecule has 1 aromatic carbocycles. The van der Waals surface area contributed by atoms with Crippen molar-refractivity contribution in [1.82, 2.24) is 0 Å². The summed E-state index contributed by atoms with van der Waals surface area (Å²) in [5.74, 6) is 0.131. The van der Waals surface area contributed by atoms with E-state index in [1.165, 1.54) is 12.1 Å². The van der Waals surface area contributed by atoms with Gasteiger partial charge in [0.15, 0.2) is 0 Å². The molecular weight excluding hydrogens is 264 g/mol. The van der Waals surface area contributed by atoms with Crippen molar-refractivity contribution in [3.63, 3.8) is 0 Å². The normalized spacial score (nSPS) is 9.94. The van der Waals surface area contributed by atoms with Crippen LogP contribution < -0.4 is 10.1 Å². The third kappa shape index (κ3) is 4.10. The molecular formula is C12H14Cl2FNO. The molecule has 0 aromatic heterocycles. The summed E-state index contributed by atoms with van der Waals surface area (Å²) in [5, 5.41) is 2.83.